The molecule has 1 N–H and O–H groups in total. The standard InChI is InChI=1S/C18H22N4O2/c1-5-11(2)19-18(24)13(4)22-15-9-7-6-8-14(15)17-20-16(23)10-12(3)21(17)22/h6-11,13H,5H2,1-4H3,(H,19,24). The van der Waals surface area contributed by atoms with E-state index in [4.69, 9.17) is 0 Å². The summed E-state index contributed by atoms with van der Waals surface area (Å²) >= 11 is 0. The van der Waals surface area contributed by atoms with E-state index < -0.39 is 6.04 Å². The van der Waals surface area contributed by atoms with Crippen molar-refractivity contribution in [2.45, 2.75) is 46.2 Å². The number of aromatic nitrogens is 3. The second-order valence-corrected chi connectivity index (χ2v) is 6.23. The molecular formula is C18H22N4O2. The minimum Gasteiger partial charge on any atom is -0.352 e. The average Bonchev–Trinajstić information content (AvgIpc) is 2.88. The van der Waals surface area contributed by atoms with Crippen molar-refractivity contribution in [3.05, 3.63) is 46.4 Å². The van der Waals surface area contributed by atoms with Crippen LogP contribution in [0.4, 0.5) is 0 Å². The van der Waals surface area contributed by atoms with E-state index in [2.05, 4.69) is 10.3 Å². The maximum absolute atomic E-state index is 12.6. The predicted octanol–water partition coefficient (Wildman–Crippen LogP) is 2.43. The summed E-state index contributed by atoms with van der Waals surface area (Å²) in [4.78, 5) is 28.6. The molecule has 0 aliphatic carbocycles. The van der Waals surface area contributed by atoms with Gasteiger partial charge in [-0.05, 0) is 39.3 Å². The zero-order valence-corrected chi connectivity index (χ0v) is 14.4. The van der Waals surface area contributed by atoms with Crippen molar-refractivity contribution in [2.24, 2.45) is 0 Å². The first kappa shape index (κ1) is 16.2. The van der Waals surface area contributed by atoms with E-state index in [1.807, 2.05) is 61.2 Å². The number of hydrogen-bond acceptors (Lipinski definition) is 3. The number of nitrogens with one attached hydrogen (secondary N) is 1. The third kappa shape index (κ3) is 2.58. The molecule has 0 aliphatic heterocycles. The molecule has 126 valence electrons. The number of aryl methyl sites for hydroxylation is 1. The molecule has 1 aromatic carbocycles. The largest absolute Gasteiger partial charge is 0.352 e. The van der Waals surface area contributed by atoms with Crippen molar-refractivity contribution < 1.29 is 4.79 Å². The van der Waals surface area contributed by atoms with E-state index in [1.54, 1.807) is 0 Å². The zero-order chi connectivity index (χ0) is 17.4. The Morgan fingerprint density at radius 1 is 1.29 bits per heavy atom. The van der Waals surface area contributed by atoms with Crippen LogP contribution in [0.2, 0.25) is 0 Å². The first-order valence-corrected chi connectivity index (χ1v) is 8.24. The molecule has 2 atom stereocenters. The van der Waals surface area contributed by atoms with Crippen molar-refractivity contribution in [2.75, 3.05) is 0 Å². The van der Waals surface area contributed by atoms with Crippen LogP contribution in [0.15, 0.2) is 35.1 Å². The fraction of sp³-hybridized carbons (Fsp3) is 0.389. The Bertz CT molecular complexity index is 970. The van der Waals surface area contributed by atoms with Crippen LogP contribution in [0.5, 0.6) is 0 Å². The third-order valence-corrected chi connectivity index (χ3v) is 4.44. The van der Waals surface area contributed by atoms with Gasteiger partial charge in [0.05, 0.1) is 5.52 Å². The lowest BCUT2D eigenvalue weighted by atomic mass is 10.2. The van der Waals surface area contributed by atoms with Gasteiger partial charge < -0.3 is 5.32 Å². The SMILES string of the molecule is CCC(C)NC(=O)C(C)n1c2ccccc2c2nc(=O)cc(C)n21. The molecule has 6 heteroatoms. The average molecular weight is 326 g/mol. The number of carbonyl (C=O) groups is 1. The Labute approximate surface area is 140 Å². The second kappa shape index (κ2) is 6.11. The van der Waals surface area contributed by atoms with Crippen molar-refractivity contribution in [1.29, 1.82) is 0 Å². The number of nitrogens with zero attached hydrogens (tertiary/aromatic N) is 3. The fourth-order valence-corrected chi connectivity index (χ4v) is 2.97. The Hall–Kier alpha value is -2.63. The highest BCUT2D eigenvalue weighted by Gasteiger charge is 2.22. The van der Waals surface area contributed by atoms with E-state index in [1.165, 1.54) is 6.07 Å². The third-order valence-electron chi connectivity index (χ3n) is 4.44. The van der Waals surface area contributed by atoms with Crippen LogP contribution in [0, 0.1) is 6.92 Å². The van der Waals surface area contributed by atoms with Gasteiger partial charge in [0.15, 0.2) is 5.65 Å². The van der Waals surface area contributed by atoms with E-state index >= 15 is 0 Å². The minimum absolute atomic E-state index is 0.0508. The lowest BCUT2D eigenvalue weighted by Crippen LogP contribution is -2.38. The normalized spacial score (nSPS) is 14.0. The quantitative estimate of drug-likeness (QED) is 0.800. The molecular weight excluding hydrogens is 304 g/mol. The van der Waals surface area contributed by atoms with Crippen LogP contribution in [-0.4, -0.2) is 26.1 Å². The summed E-state index contributed by atoms with van der Waals surface area (Å²) in [5.41, 5.74) is 1.95. The maximum Gasteiger partial charge on any atom is 0.273 e. The number of hydrogen-bond donors (Lipinski definition) is 1. The van der Waals surface area contributed by atoms with Gasteiger partial charge in [-0.25, -0.2) is 4.52 Å². The summed E-state index contributed by atoms with van der Waals surface area (Å²) in [5, 5.41) is 3.89. The fourth-order valence-electron chi connectivity index (χ4n) is 2.97. The van der Waals surface area contributed by atoms with Gasteiger partial charge in [-0.2, -0.15) is 4.98 Å². The summed E-state index contributed by atoms with van der Waals surface area (Å²) in [5.74, 6) is -0.0508. The van der Waals surface area contributed by atoms with Gasteiger partial charge in [0.1, 0.15) is 6.04 Å². The van der Waals surface area contributed by atoms with Crippen LogP contribution in [0.3, 0.4) is 0 Å². The molecule has 3 aromatic rings. The van der Waals surface area contributed by atoms with Crippen molar-refractivity contribution in [1.82, 2.24) is 19.5 Å². The number of para-hydroxylation sites is 1. The number of fused-ring (bicyclic) bond motifs is 3. The Balaban J connectivity index is 2.26. The first-order valence-electron chi connectivity index (χ1n) is 8.24. The van der Waals surface area contributed by atoms with Gasteiger partial charge in [-0.15, -0.1) is 0 Å². The monoisotopic (exact) mass is 326 g/mol. The summed E-state index contributed by atoms with van der Waals surface area (Å²) in [6.45, 7) is 7.74. The molecule has 2 aromatic heterocycles. The van der Waals surface area contributed by atoms with Crippen molar-refractivity contribution in [3.63, 3.8) is 0 Å². The van der Waals surface area contributed by atoms with Gasteiger partial charge in [0, 0.05) is 23.2 Å². The molecule has 0 saturated heterocycles. The topological polar surface area (TPSA) is 68.4 Å². The predicted molar refractivity (Wildman–Crippen MR) is 94.3 cm³/mol. The highest BCUT2D eigenvalue weighted by atomic mass is 16.2. The molecule has 24 heavy (non-hydrogen) atoms. The van der Waals surface area contributed by atoms with Gasteiger partial charge in [-0.3, -0.25) is 14.3 Å². The number of amides is 1. The van der Waals surface area contributed by atoms with E-state index in [0.29, 0.717) is 5.65 Å². The van der Waals surface area contributed by atoms with Crippen LogP contribution in [-0.2, 0) is 4.79 Å². The lowest BCUT2D eigenvalue weighted by Gasteiger charge is -2.20. The maximum atomic E-state index is 12.6. The number of carbonyl (C=O) groups excluding carboxylic acids is 1. The summed E-state index contributed by atoms with van der Waals surface area (Å²) in [6, 6.07) is 8.88. The highest BCUT2D eigenvalue weighted by Crippen LogP contribution is 2.25. The van der Waals surface area contributed by atoms with E-state index in [0.717, 1.165) is 23.0 Å². The van der Waals surface area contributed by atoms with Gasteiger partial charge >= 0.3 is 0 Å². The Morgan fingerprint density at radius 3 is 2.71 bits per heavy atom. The summed E-state index contributed by atoms with van der Waals surface area (Å²) in [7, 11) is 0. The molecule has 2 unspecified atom stereocenters. The molecule has 0 saturated carbocycles. The van der Waals surface area contributed by atoms with E-state index in [-0.39, 0.29) is 17.5 Å². The first-order chi connectivity index (χ1) is 11.4. The van der Waals surface area contributed by atoms with Gasteiger partial charge in [0.25, 0.3) is 5.56 Å². The van der Waals surface area contributed by atoms with Crippen LogP contribution < -0.4 is 10.9 Å². The Morgan fingerprint density at radius 2 is 2.00 bits per heavy atom. The molecule has 2 heterocycles. The molecule has 0 bridgehead atoms. The minimum atomic E-state index is -0.426. The van der Waals surface area contributed by atoms with Crippen LogP contribution >= 0.6 is 0 Å². The molecule has 1 amide bonds. The highest BCUT2D eigenvalue weighted by molar-refractivity contribution is 5.94. The summed E-state index contributed by atoms with van der Waals surface area (Å²) < 4.78 is 3.76. The van der Waals surface area contributed by atoms with Crippen LogP contribution in [0.1, 0.15) is 38.9 Å². The van der Waals surface area contributed by atoms with Gasteiger partial charge in [-0.1, -0.05) is 19.1 Å². The number of benzene rings is 1. The molecule has 0 radical (unpaired) electrons. The van der Waals surface area contributed by atoms with Crippen LogP contribution in [0.25, 0.3) is 16.6 Å². The number of rotatable bonds is 4. The molecule has 0 spiro atoms. The van der Waals surface area contributed by atoms with Crippen molar-refractivity contribution >= 4 is 22.5 Å². The zero-order valence-electron chi connectivity index (χ0n) is 14.4. The van der Waals surface area contributed by atoms with Crippen molar-refractivity contribution in [3.8, 4) is 0 Å². The smallest absolute Gasteiger partial charge is 0.273 e. The lowest BCUT2D eigenvalue weighted by molar-refractivity contribution is -0.124. The molecule has 6 nitrogen and oxygen atoms in total. The summed E-state index contributed by atoms with van der Waals surface area (Å²) in [6.07, 6.45) is 0.874. The van der Waals surface area contributed by atoms with E-state index in [9.17, 15) is 9.59 Å². The van der Waals surface area contributed by atoms with Gasteiger partial charge in [0.2, 0.25) is 5.91 Å². The molecule has 0 aliphatic rings. The Kier molecular flexibility index (Phi) is 4.13. The molecule has 0 fully saturated rings. The second-order valence-electron chi connectivity index (χ2n) is 6.23. The molecule has 3 rings (SSSR count).